The number of aliphatic hydroxyl groups excluding tert-OH is 1. The van der Waals surface area contributed by atoms with Crippen LogP contribution in [-0.2, 0) is 38.0 Å². The van der Waals surface area contributed by atoms with Gasteiger partial charge in [0.15, 0.2) is 5.79 Å². The molecule has 0 aromatic rings. The molecule has 56 heavy (non-hydrogen) atoms. The van der Waals surface area contributed by atoms with Crippen molar-refractivity contribution in [2.75, 3.05) is 13.7 Å². The highest BCUT2D eigenvalue weighted by Gasteiger charge is 2.62. The lowest BCUT2D eigenvalue weighted by Gasteiger charge is -2.49. The van der Waals surface area contributed by atoms with E-state index in [9.17, 15) is 24.9 Å². The maximum absolute atomic E-state index is 12.7. The highest BCUT2D eigenvalue weighted by molar-refractivity contribution is 5.70. The fourth-order valence-electron chi connectivity index (χ4n) is 11.5. The Hall–Kier alpha value is -1.58. The van der Waals surface area contributed by atoms with Gasteiger partial charge in [0.25, 0.3) is 0 Å². The van der Waals surface area contributed by atoms with Crippen molar-refractivity contribution < 1.29 is 58.1 Å². The third-order valence-electron chi connectivity index (χ3n) is 15.2. The van der Waals surface area contributed by atoms with Crippen molar-refractivity contribution in [3.63, 3.8) is 0 Å². The number of aliphatic carboxylic acids is 1. The number of carbonyl (C=O) groups is 2. The zero-order valence-electron chi connectivity index (χ0n) is 35.5. The summed E-state index contributed by atoms with van der Waals surface area (Å²) in [6, 6.07) is 0.115. The molecular weight excluding hydrogens is 722 g/mol. The number of alkyl carbamates (subject to hydrolysis) is 1. The van der Waals surface area contributed by atoms with Gasteiger partial charge in [0, 0.05) is 43.7 Å². The standard InChI is InChI=1S/C43H73NO12/c1-10-41(37-25(3)21-32(52-37)34-24(2)20-26(4)43(49,55-34)23-51-39(48)44-30-14-12-11-13-15-30)17-16-33(53-41)40(8)18-19-42(56-40)22-31(45)27(5)36(54-42)28(6)35(50-9)29(7)38(46)47/h24-37,45,49H,10-23H2,1-9H3,(H,44,48)(H,46,47)/t24-,25-,26+,27+,28-,29?,31-,32+,33+,34-,35+,36-,37+,40-,41-,42+,43-/m0/s1. The van der Waals surface area contributed by atoms with Crippen LogP contribution >= 0.6 is 0 Å². The number of rotatable bonds is 12. The zero-order valence-corrected chi connectivity index (χ0v) is 35.5. The highest BCUT2D eigenvalue weighted by atomic mass is 16.7. The molecule has 1 unspecified atom stereocenters. The second-order valence-electron chi connectivity index (χ2n) is 19.2. The van der Waals surface area contributed by atoms with E-state index in [1.54, 1.807) is 6.92 Å². The van der Waals surface area contributed by atoms with Crippen LogP contribution in [0.4, 0.5) is 4.79 Å². The Morgan fingerprint density at radius 3 is 2.32 bits per heavy atom. The molecule has 1 spiro atoms. The van der Waals surface area contributed by atoms with E-state index >= 15 is 0 Å². The number of ether oxygens (including phenoxy) is 7. The van der Waals surface area contributed by atoms with Crippen LogP contribution in [-0.4, -0.2) is 113 Å². The van der Waals surface area contributed by atoms with Crippen LogP contribution in [0.2, 0.25) is 0 Å². The number of hydrogen-bond acceptors (Lipinski definition) is 11. The summed E-state index contributed by atoms with van der Waals surface area (Å²) in [4.78, 5) is 24.6. The molecule has 0 radical (unpaired) electrons. The predicted octanol–water partition coefficient (Wildman–Crippen LogP) is 6.34. The third kappa shape index (κ3) is 8.67. The van der Waals surface area contributed by atoms with E-state index in [1.165, 1.54) is 13.5 Å². The summed E-state index contributed by atoms with van der Waals surface area (Å²) < 4.78 is 45.7. The van der Waals surface area contributed by atoms with Crippen molar-refractivity contribution in [1.29, 1.82) is 0 Å². The smallest absolute Gasteiger partial charge is 0.407 e. The molecule has 1 amide bonds. The molecule has 6 fully saturated rings. The van der Waals surface area contributed by atoms with Crippen molar-refractivity contribution in [2.24, 2.45) is 35.5 Å². The SMILES string of the molecule is CC[C@@]1([C@@H]2O[C@@H]([C@H]3O[C@@](O)(COC(=O)NC4CCCCC4)[C@H](C)C[C@@H]3C)C[C@@H]2C)CC[C@H]([C@]2(C)CC[C@]3(C[C@H](O)[C@@H](C)[C@@H]([C@@H](C)[C@@H](OC)C(C)C(=O)O)O3)O2)O1. The summed E-state index contributed by atoms with van der Waals surface area (Å²) in [7, 11) is 1.52. The molecule has 13 nitrogen and oxygen atoms in total. The molecule has 322 valence electrons. The Morgan fingerprint density at radius 2 is 1.66 bits per heavy atom. The number of amides is 1. The number of methoxy groups -OCH3 is 1. The Morgan fingerprint density at radius 1 is 0.946 bits per heavy atom. The molecule has 6 rings (SSSR count). The van der Waals surface area contributed by atoms with Gasteiger partial charge < -0.3 is 53.8 Å². The first-order valence-electron chi connectivity index (χ1n) is 21.9. The van der Waals surface area contributed by atoms with Crippen LogP contribution in [0, 0.1) is 35.5 Å². The Balaban J connectivity index is 1.09. The normalized spacial score (nSPS) is 46.4. The first-order valence-corrected chi connectivity index (χ1v) is 21.9. The lowest BCUT2D eigenvalue weighted by molar-refractivity contribution is -0.336. The van der Waals surface area contributed by atoms with E-state index in [2.05, 4.69) is 33.0 Å². The second-order valence-corrected chi connectivity index (χ2v) is 19.2. The van der Waals surface area contributed by atoms with Gasteiger partial charge in [-0.2, -0.15) is 0 Å². The van der Waals surface area contributed by atoms with E-state index in [0.29, 0.717) is 25.7 Å². The largest absolute Gasteiger partial charge is 0.481 e. The first kappa shape index (κ1) is 44.0. The zero-order chi connectivity index (χ0) is 40.8. The number of carboxylic acids is 1. The monoisotopic (exact) mass is 796 g/mol. The molecule has 17 atom stereocenters. The molecule has 6 aliphatic rings. The Labute approximate surface area is 334 Å². The topological polar surface area (TPSA) is 171 Å². The minimum Gasteiger partial charge on any atom is -0.481 e. The number of carboxylic acid groups (broad SMARTS) is 1. The van der Waals surface area contributed by atoms with Crippen LogP contribution in [0.3, 0.4) is 0 Å². The van der Waals surface area contributed by atoms with Crippen LogP contribution in [0.5, 0.6) is 0 Å². The van der Waals surface area contributed by atoms with Crippen molar-refractivity contribution in [2.45, 2.75) is 210 Å². The molecule has 5 saturated heterocycles. The summed E-state index contributed by atoms with van der Waals surface area (Å²) in [6.07, 6.45) is 7.40. The molecule has 0 aromatic carbocycles. The minimum atomic E-state index is -1.62. The van der Waals surface area contributed by atoms with Gasteiger partial charge >= 0.3 is 12.1 Å². The number of carbonyl (C=O) groups excluding carboxylic acids is 1. The average Bonchev–Trinajstić information content (AvgIpc) is 3.87. The lowest BCUT2D eigenvalue weighted by Crippen LogP contribution is -2.57. The average molecular weight is 796 g/mol. The van der Waals surface area contributed by atoms with Crippen LogP contribution in [0.15, 0.2) is 0 Å². The van der Waals surface area contributed by atoms with Crippen LogP contribution in [0.25, 0.3) is 0 Å². The quantitative estimate of drug-likeness (QED) is 0.173. The molecule has 13 heteroatoms. The minimum absolute atomic E-state index is 0.115. The molecular formula is C43H73NO12. The van der Waals surface area contributed by atoms with Crippen molar-refractivity contribution in [3.8, 4) is 0 Å². The van der Waals surface area contributed by atoms with Gasteiger partial charge in [-0.25, -0.2) is 4.79 Å². The summed E-state index contributed by atoms with van der Waals surface area (Å²) in [5.74, 6) is -4.78. The maximum Gasteiger partial charge on any atom is 0.407 e. The highest BCUT2D eigenvalue weighted by Crippen LogP contribution is 2.55. The first-order chi connectivity index (χ1) is 26.4. The van der Waals surface area contributed by atoms with E-state index < -0.39 is 59.1 Å². The summed E-state index contributed by atoms with van der Waals surface area (Å²) in [6.45, 7) is 15.8. The van der Waals surface area contributed by atoms with E-state index in [-0.39, 0.29) is 66.7 Å². The van der Waals surface area contributed by atoms with Crippen LogP contribution in [0.1, 0.15) is 139 Å². The van der Waals surface area contributed by atoms with Crippen LogP contribution < -0.4 is 5.32 Å². The summed E-state index contributed by atoms with van der Waals surface area (Å²) in [5, 5.41) is 35.8. The molecule has 1 saturated carbocycles. The van der Waals surface area contributed by atoms with Crippen molar-refractivity contribution in [3.05, 3.63) is 0 Å². The van der Waals surface area contributed by atoms with Gasteiger partial charge in [-0.15, -0.1) is 0 Å². The molecule has 0 bridgehead atoms. The lowest BCUT2D eigenvalue weighted by atomic mass is 9.78. The van der Waals surface area contributed by atoms with Crippen molar-refractivity contribution >= 4 is 12.1 Å². The Bertz CT molecular complexity index is 1360. The summed E-state index contributed by atoms with van der Waals surface area (Å²) >= 11 is 0. The molecule has 1 aliphatic carbocycles. The predicted molar refractivity (Wildman–Crippen MR) is 207 cm³/mol. The van der Waals surface area contributed by atoms with Gasteiger partial charge in [-0.3, -0.25) is 4.79 Å². The van der Waals surface area contributed by atoms with E-state index in [1.807, 2.05) is 20.8 Å². The van der Waals surface area contributed by atoms with Crippen molar-refractivity contribution in [1.82, 2.24) is 5.32 Å². The third-order valence-corrected chi connectivity index (χ3v) is 15.2. The molecule has 0 aromatic heterocycles. The van der Waals surface area contributed by atoms with Gasteiger partial charge in [0.2, 0.25) is 5.79 Å². The molecule has 5 aliphatic heterocycles. The Kier molecular flexibility index (Phi) is 13.5. The van der Waals surface area contributed by atoms with Gasteiger partial charge in [-0.05, 0) is 77.0 Å². The number of nitrogens with one attached hydrogen (secondary N) is 1. The van der Waals surface area contributed by atoms with E-state index in [4.69, 9.17) is 33.2 Å². The number of aliphatic hydroxyl groups is 2. The van der Waals surface area contributed by atoms with Gasteiger partial charge in [-0.1, -0.05) is 60.8 Å². The number of hydrogen-bond donors (Lipinski definition) is 4. The van der Waals surface area contributed by atoms with Gasteiger partial charge in [0.05, 0.1) is 59.8 Å². The fraction of sp³-hybridized carbons (Fsp3) is 0.953. The maximum atomic E-state index is 12.7. The molecule has 5 heterocycles. The second kappa shape index (κ2) is 17.2. The van der Waals surface area contributed by atoms with E-state index in [0.717, 1.165) is 51.4 Å². The fourth-order valence-corrected chi connectivity index (χ4v) is 11.5. The molecule has 4 N–H and O–H groups in total. The van der Waals surface area contributed by atoms with Gasteiger partial charge in [0.1, 0.15) is 6.61 Å². The summed E-state index contributed by atoms with van der Waals surface area (Å²) in [5.41, 5.74) is -1.21.